The second kappa shape index (κ2) is 5.44. The molecule has 2 fully saturated rings. The minimum absolute atomic E-state index is 0.0292. The van der Waals surface area contributed by atoms with Crippen molar-refractivity contribution >= 4 is 5.78 Å². The summed E-state index contributed by atoms with van der Waals surface area (Å²) in [5.74, 6) is -0.796. The number of fused-ring (bicyclic) bond motifs is 4. The number of hydrogen-bond acceptors (Lipinski definition) is 4. The summed E-state index contributed by atoms with van der Waals surface area (Å²) in [7, 11) is 1.65. The number of benzene rings is 1. The van der Waals surface area contributed by atoms with Crippen LogP contribution in [-0.4, -0.2) is 31.2 Å². The molecule has 4 nitrogen and oxygen atoms in total. The van der Waals surface area contributed by atoms with E-state index >= 15 is 0 Å². The first-order valence-electron chi connectivity index (χ1n) is 8.26. The summed E-state index contributed by atoms with van der Waals surface area (Å²) in [6.45, 7) is 0. The number of carbonyl (C=O) groups is 1. The molecule has 0 aromatic heterocycles. The molecule has 118 valence electrons. The fourth-order valence-electron chi connectivity index (χ4n) is 4.09. The molecule has 22 heavy (non-hydrogen) atoms. The first kappa shape index (κ1) is 14.4. The molecule has 2 aliphatic heterocycles. The van der Waals surface area contributed by atoms with Crippen molar-refractivity contribution in [3.63, 3.8) is 0 Å². The summed E-state index contributed by atoms with van der Waals surface area (Å²) in [5, 5.41) is 0. The molecule has 3 atom stereocenters. The molecule has 0 unspecified atom stereocenters. The molecule has 4 rings (SSSR count). The number of ether oxygens (including phenoxy) is 3. The van der Waals surface area contributed by atoms with Crippen molar-refractivity contribution < 1.29 is 19.0 Å². The Hall–Kier alpha value is -1.23. The van der Waals surface area contributed by atoms with E-state index in [1.807, 2.05) is 24.3 Å². The molecule has 4 heteroatoms. The van der Waals surface area contributed by atoms with Gasteiger partial charge in [-0.25, -0.2) is 0 Å². The highest BCUT2D eigenvalue weighted by molar-refractivity contribution is 6.02. The van der Waals surface area contributed by atoms with Crippen LogP contribution in [0.4, 0.5) is 0 Å². The number of hydrogen-bond donors (Lipinski definition) is 0. The summed E-state index contributed by atoms with van der Waals surface area (Å²) in [4.78, 5) is 12.7. The van der Waals surface area contributed by atoms with Crippen LogP contribution >= 0.6 is 0 Å². The molecule has 1 saturated heterocycles. The van der Waals surface area contributed by atoms with Gasteiger partial charge in [-0.1, -0.05) is 43.5 Å². The molecule has 0 spiro atoms. The Balaban J connectivity index is 1.63. The van der Waals surface area contributed by atoms with Gasteiger partial charge in [0.15, 0.2) is 17.7 Å². The van der Waals surface area contributed by atoms with E-state index in [4.69, 9.17) is 14.2 Å². The molecule has 2 heterocycles. The molecule has 0 radical (unpaired) electrons. The smallest absolute Gasteiger partial charge is 0.198 e. The van der Waals surface area contributed by atoms with E-state index in [1.165, 1.54) is 19.3 Å². The van der Waals surface area contributed by atoms with Crippen LogP contribution in [0, 0.1) is 0 Å². The Morgan fingerprint density at radius 2 is 1.95 bits per heavy atom. The zero-order chi connectivity index (χ0) is 15.2. The quantitative estimate of drug-likeness (QED) is 0.860. The molecule has 1 aromatic carbocycles. The van der Waals surface area contributed by atoms with Crippen LogP contribution < -0.4 is 0 Å². The number of Topliss-reactive ketones (excluding diaryl/α,β-unsaturated/α-hetero) is 1. The predicted octanol–water partition coefficient (Wildman–Crippen LogP) is 3.19. The van der Waals surface area contributed by atoms with Crippen LogP contribution in [0.2, 0.25) is 0 Å². The minimum Gasteiger partial charge on any atom is -0.372 e. The SMILES string of the molecule is CO[C@@]12C[C@H](OC3CCCCC3)[C@@H](O1)C(=O)c1ccccc12. The lowest BCUT2D eigenvalue weighted by molar-refractivity contribution is -0.217. The maximum Gasteiger partial charge on any atom is 0.198 e. The van der Waals surface area contributed by atoms with Crippen LogP contribution in [0.3, 0.4) is 0 Å². The van der Waals surface area contributed by atoms with Gasteiger partial charge in [0.1, 0.15) is 0 Å². The van der Waals surface area contributed by atoms with Gasteiger partial charge in [0.25, 0.3) is 0 Å². The van der Waals surface area contributed by atoms with E-state index in [0.29, 0.717) is 6.42 Å². The van der Waals surface area contributed by atoms with E-state index in [-0.39, 0.29) is 18.0 Å². The lowest BCUT2D eigenvalue weighted by atomic mass is 9.95. The van der Waals surface area contributed by atoms with Crippen LogP contribution in [0.5, 0.6) is 0 Å². The Bertz CT molecular complexity index is 578. The molecule has 1 saturated carbocycles. The highest BCUT2D eigenvalue weighted by atomic mass is 16.7. The zero-order valence-corrected chi connectivity index (χ0v) is 12.9. The lowest BCUT2D eigenvalue weighted by Crippen LogP contribution is -2.40. The lowest BCUT2D eigenvalue weighted by Gasteiger charge is -2.33. The van der Waals surface area contributed by atoms with Crippen molar-refractivity contribution in [2.24, 2.45) is 0 Å². The van der Waals surface area contributed by atoms with Gasteiger partial charge >= 0.3 is 0 Å². The summed E-state index contributed by atoms with van der Waals surface area (Å²) in [6.07, 6.45) is 6.00. The third-order valence-corrected chi connectivity index (χ3v) is 5.24. The van der Waals surface area contributed by atoms with E-state index < -0.39 is 11.9 Å². The third kappa shape index (κ3) is 2.13. The Morgan fingerprint density at radius 1 is 1.18 bits per heavy atom. The Morgan fingerprint density at radius 3 is 2.73 bits per heavy atom. The topological polar surface area (TPSA) is 44.8 Å². The van der Waals surface area contributed by atoms with Crippen molar-refractivity contribution in [3.8, 4) is 0 Å². The van der Waals surface area contributed by atoms with Crippen LogP contribution in [-0.2, 0) is 20.0 Å². The minimum atomic E-state index is -0.825. The molecular formula is C18H22O4. The second-order valence-corrected chi connectivity index (χ2v) is 6.54. The molecule has 0 N–H and O–H groups in total. The molecular weight excluding hydrogens is 280 g/mol. The first-order valence-corrected chi connectivity index (χ1v) is 8.26. The summed E-state index contributed by atoms with van der Waals surface area (Å²) >= 11 is 0. The molecule has 3 aliphatic rings. The van der Waals surface area contributed by atoms with Gasteiger partial charge in [-0.15, -0.1) is 0 Å². The zero-order valence-electron chi connectivity index (χ0n) is 12.9. The van der Waals surface area contributed by atoms with Gasteiger partial charge in [0.2, 0.25) is 0 Å². The van der Waals surface area contributed by atoms with Crippen molar-refractivity contribution in [2.45, 2.75) is 62.6 Å². The van der Waals surface area contributed by atoms with E-state index in [0.717, 1.165) is 24.0 Å². The van der Waals surface area contributed by atoms with Crippen LogP contribution in [0.1, 0.15) is 54.4 Å². The van der Waals surface area contributed by atoms with Crippen molar-refractivity contribution in [2.75, 3.05) is 7.11 Å². The van der Waals surface area contributed by atoms with Gasteiger partial charge in [0, 0.05) is 24.7 Å². The predicted molar refractivity (Wildman–Crippen MR) is 80.7 cm³/mol. The fraction of sp³-hybridized carbons (Fsp3) is 0.611. The average Bonchev–Trinajstić information content (AvgIpc) is 2.91. The van der Waals surface area contributed by atoms with Crippen molar-refractivity contribution in [1.82, 2.24) is 0 Å². The molecule has 1 aliphatic carbocycles. The second-order valence-electron chi connectivity index (χ2n) is 6.54. The third-order valence-electron chi connectivity index (χ3n) is 5.24. The van der Waals surface area contributed by atoms with Crippen molar-refractivity contribution in [3.05, 3.63) is 35.4 Å². The standard InChI is InChI=1S/C18H22O4/c1-20-18-11-15(21-12-7-3-2-4-8-12)17(22-18)16(19)13-9-5-6-10-14(13)18/h5-6,9-10,12,15,17H,2-4,7-8,11H2,1H3/t15-,17+,18-/m0/s1. The Kier molecular flexibility index (Phi) is 3.56. The average molecular weight is 302 g/mol. The fourth-order valence-corrected chi connectivity index (χ4v) is 4.09. The largest absolute Gasteiger partial charge is 0.372 e. The van der Waals surface area contributed by atoms with Gasteiger partial charge in [-0.05, 0) is 12.8 Å². The summed E-state index contributed by atoms with van der Waals surface area (Å²) in [6, 6.07) is 7.60. The van der Waals surface area contributed by atoms with E-state index in [9.17, 15) is 4.79 Å². The van der Waals surface area contributed by atoms with Crippen LogP contribution in [0.25, 0.3) is 0 Å². The van der Waals surface area contributed by atoms with Gasteiger partial charge < -0.3 is 14.2 Å². The van der Waals surface area contributed by atoms with E-state index in [2.05, 4.69) is 0 Å². The highest BCUT2D eigenvalue weighted by Gasteiger charge is 2.57. The maximum absolute atomic E-state index is 12.7. The monoisotopic (exact) mass is 302 g/mol. The number of carbonyl (C=O) groups excluding carboxylic acids is 1. The molecule has 2 bridgehead atoms. The van der Waals surface area contributed by atoms with Crippen LogP contribution in [0.15, 0.2) is 24.3 Å². The maximum atomic E-state index is 12.7. The molecule has 0 amide bonds. The van der Waals surface area contributed by atoms with Gasteiger partial charge in [-0.2, -0.15) is 0 Å². The Labute approximate surface area is 130 Å². The normalized spacial score (nSPS) is 34.7. The number of methoxy groups -OCH3 is 1. The molecule has 1 aromatic rings. The van der Waals surface area contributed by atoms with Crippen molar-refractivity contribution in [1.29, 1.82) is 0 Å². The number of rotatable bonds is 3. The van der Waals surface area contributed by atoms with Gasteiger partial charge in [0.05, 0.1) is 12.2 Å². The first-order chi connectivity index (χ1) is 10.7. The highest BCUT2D eigenvalue weighted by Crippen LogP contribution is 2.48. The van der Waals surface area contributed by atoms with E-state index in [1.54, 1.807) is 7.11 Å². The summed E-state index contributed by atoms with van der Waals surface area (Å²) < 4.78 is 18.0. The number of ketones is 1. The summed E-state index contributed by atoms with van der Waals surface area (Å²) in [5.41, 5.74) is 1.56. The van der Waals surface area contributed by atoms with Gasteiger partial charge in [-0.3, -0.25) is 4.79 Å².